The molecule has 1 aliphatic heterocycles. The number of halogens is 1. The van der Waals surface area contributed by atoms with Gasteiger partial charge in [-0.05, 0) is 6.92 Å². The lowest BCUT2D eigenvalue weighted by Crippen LogP contribution is -2.44. The molecule has 0 amide bonds. The molecule has 2 aliphatic rings. The van der Waals surface area contributed by atoms with E-state index in [0.717, 1.165) is 5.56 Å². The zero-order valence-electron chi connectivity index (χ0n) is 10.8. The molecule has 0 aromatic carbocycles. The van der Waals surface area contributed by atoms with Gasteiger partial charge < -0.3 is 14.9 Å². The molecule has 0 radical (unpaired) electrons. The maximum Gasteiger partial charge on any atom is 0.328 e. The van der Waals surface area contributed by atoms with Crippen LogP contribution in [0.4, 0.5) is 0 Å². The lowest BCUT2D eigenvalue weighted by molar-refractivity contribution is -0.152. The Kier molecular flexibility index (Phi) is 3.37. The zero-order chi connectivity index (χ0) is 14.7. The minimum atomic E-state index is -0.911. The van der Waals surface area contributed by atoms with E-state index in [0.29, 0.717) is 15.5 Å². The number of nitrogens with zero attached hydrogens (tertiary/aromatic N) is 1. The van der Waals surface area contributed by atoms with Gasteiger partial charge in [0.1, 0.15) is 16.0 Å². The number of aliphatic hydroxyl groups excluding tert-OH is 2. The van der Waals surface area contributed by atoms with Gasteiger partial charge >= 0.3 is 5.69 Å². The minimum Gasteiger partial charge on any atom is -0.393 e. The van der Waals surface area contributed by atoms with Crippen molar-refractivity contribution in [2.45, 2.75) is 35.2 Å². The quantitative estimate of drug-likeness (QED) is 0.387. The monoisotopic (exact) mass is 410 g/mol. The molecule has 0 spiro atoms. The third-order valence-electron chi connectivity index (χ3n) is 4.33. The molecule has 110 valence electrons. The van der Waals surface area contributed by atoms with E-state index in [1.165, 1.54) is 4.57 Å². The third kappa shape index (κ3) is 1.85. The number of aromatic nitrogens is 2. The van der Waals surface area contributed by atoms with Crippen molar-refractivity contribution in [2.24, 2.45) is 5.92 Å². The van der Waals surface area contributed by atoms with E-state index in [9.17, 15) is 15.0 Å². The summed E-state index contributed by atoms with van der Waals surface area (Å²) in [6.45, 7) is 1.55. The van der Waals surface area contributed by atoms with Gasteiger partial charge in [0, 0.05) is 28.5 Å². The molecule has 1 aliphatic carbocycles. The summed E-state index contributed by atoms with van der Waals surface area (Å²) in [5.41, 5.74) is -1.27. The topological polar surface area (TPSA) is 87.5 Å². The predicted molar refractivity (Wildman–Crippen MR) is 82.3 cm³/mol. The minimum absolute atomic E-state index is 0.129. The predicted octanol–water partition coefficient (Wildman–Crippen LogP) is 0.656. The maximum absolute atomic E-state index is 12.1. The fraction of sp³-hybridized carbons (Fsp3) is 0.667. The molecule has 1 aromatic rings. The molecular weight excluding hydrogens is 395 g/mol. The Morgan fingerprint density at radius 1 is 1.70 bits per heavy atom. The molecule has 4 unspecified atom stereocenters. The van der Waals surface area contributed by atoms with Crippen molar-refractivity contribution in [3.63, 3.8) is 0 Å². The van der Waals surface area contributed by atoms with Gasteiger partial charge in [-0.15, -0.1) is 0 Å². The molecule has 4 atom stereocenters. The Bertz CT molecular complexity index is 674. The SMILES string of the molecule is CC1(n2cc(CI)c(=S)[nH]c2=O)CC2C(O)C2(CO)O1. The van der Waals surface area contributed by atoms with Gasteiger partial charge in [0.05, 0.1) is 12.7 Å². The standard InChI is InChI=1S/C12H15IN2O4S/c1-11(2-7-8(17)12(7,5-16)19-11)15-4-6(3-13)9(20)14-10(15)18/h4,7-8,16-17H,2-3,5H2,1H3,(H,14,18,20). The van der Waals surface area contributed by atoms with Gasteiger partial charge in [-0.25, -0.2) is 4.79 Å². The molecule has 3 rings (SSSR count). The van der Waals surface area contributed by atoms with Crippen LogP contribution in [0.2, 0.25) is 0 Å². The van der Waals surface area contributed by atoms with Crippen LogP contribution in [-0.4, -0.2) is 38.1 Å². The van der Waals surface area contributed by atoms with Crippen molar-refractivity contribution >= 4 is 34.8 Å². The van der Waals surface area contributed by atoms with Gasteiger partial charge in [0.25, 0.3) is 0 Å². The summed E-state index contributed by atoms with van der Waals surface area (Å²) in [6, 6.07) is 0. The molecule has 2 heterocycles. The highest BCUT2D eigenvalue weighted by Gasteiger charge is 2.74. The maximum atomic E-state index is 12.1. The number of rotatable bonds is 3. The summed E-state index contributed by atoms with van der Waals surface area (Å²) in [6.07, 6.45) is 1.54. The highest BCUT2D eigenvalue weighted by atomic mass is 127. The average Bonchev–Trinajstić information content (AvgIpc) is 2.80. The summed E-state index contributed by atoms with van der Waals surface area (Å²) in [5, 5.41) is 19.2. The summed E-state index contributed by atoms with van der Waals surface area (Å²) >= 11 is 7.29. The Morgan fingerprint density at radius 3 is 2.95 bits per heavy atom. The van der Waals surface area contributed by atoms with E-state index in [2.05, 4.69) is 27.6 Å². The van der Waals surface area contributed by atoms with Crippen molar-refractivity contribution in [2.75, 3.05) is 6.61 Å². The molecule has 20 heavy (non-hydrogen) atoms. The highest BCUT2D eigenvalue weighted by molar-refractivity contribution is 14.1. The molecule has 6 nitrogen and oxygen atoms in total. The van der Waals surface area contributed by atoms with Gasteiger partial charge in [-0.1, -0.05) is 34.8 Å². The lowest BCUT2D eigenvalue weighted by atomic mass is 10.1. The van der Waals surface area contributed by atoms with E-state index in [4.69, 9.17) is 17.0 Å². The zero-order valence-corrected chi connectivity index (χ0v) is 13.8. The van der Waals surface area contributed by atoms with Gasteiger partial charge in [-0.2, -0.15) is 0 Å². The smallest absolute Gasteiger partial charge is 0.328 e. The number of hydrogen-bond donors (Lipinski definition) is 3. The van der Waals surface area contributed by atoms with Crippen LogP contribution in [-0.2, 0) is 14.9 Å². The normalized spacial score (nSPS) is 38.8. The average molecular weight is 410 g/mol. The first kappa shape index (κ1) is 14.6. The highest BCUT2D eigenvalue weighted by Crippen LogP contribution is 2.60. The summed E-state index contributed by atoms with van der Waals surface area (Å²) in [4.78, 5) is 14.8. The molecule has 2 fully saturated rings. The first-order valence-corrected chi connectivity index (χ1v) is 8.22. The van der Waals surface area contributed by atoms with Crippen molar-refractivity contribution < 1.29 is 14.9 Å². The second-order valence-electron chi connectivity index (χ2n) is 5.56. The van der Waals surface area contributed by atoms with Crippen LogP contribution in [0, 0.1) is 10.6 Å². The van der Waals surface area contributed by atoms with Crippen LogP contribution in [0.1, 0.15) is 18.9 Å². The summed E-state index contributed by atoms with van der Waals surface area (Å²) in [7, 11) is 0. The van der Waals surface area contributed by atoms with Crippen LogP contribution in [0.5, 0.6) is 0 Å². The van der Waals surface area contributed by atoms with Crippen molar-refractivity contribution in [1.82, 2.24) is 9.55 Å². The van der Waals surface area contributed by atoms with E-state index < -0.39 is 17.4 Å². The molecule has 1 aromatic heterocycles. The van der Waals surface area contributed by atoms with E-state index in [1.54, 1.807) is 13.1 Å². The number of H-pyrrole nitrogens is 1. The first-order valence-electron chi connectivity index (χ1n) is 6.28. The van der Waals surface area contributed by atoms with Crippen molar-refractivity contribution in [3.8, 4) is 0 Å². The van der Waals surface area contributed by atoms with Crippen LogP contribution in [0.25, 0.3) is 0 Å². The molecule has 3 N–H and O–H groups in total. The Morgan fingerprint density at radius 2 is 2.40 bits per heavy atom. The van der Waals surface area contributed by atoms with Crippen LogP contribution in [0.3, 0.4) is 0 Å². The number of fused-ring (bicyclic) bond motifs is 1. The Balaban J connectivity index is 2.03. The van der Waals surface area contributed by atoms with E-state index in [1.807, 2.05) is 0 Å². The number of aromatic amines is 1. The number of ether oxygens (including phenoxy) is 1. The molecule has 8 heteroatoms. The molecule has 0 bridgehead atoms. The Labute approximate surface area is 133 Å². The first-order chi connectivity index (χ1) is 9.38. The second-order valence-corrected chi connectivity index (χ2v) is 6.73. The van der Waals surface area contributed by atoms with Crippen molar-refractivity contribution in [3.05, 3.63) is 26.9 Å². The van der Waals surface area contributed by atoms with Crippen molar-refractivity contribution in [1.29, 1.82) is 0 Å². The second kappa shape index (κ2) is 4.60. The fourth-order valence-electron chi connectivity index (χ4n) is 3.10. The number of alkyl halides is 1. The summed E-state index contributed by atoms with van der Waals surface area (Å²) < 4.78 is 8.48. The largest absolute Gasteiger partial charge is 0.393 e. The Hall–Kier alpha value is -0.290. The van der Waals surface area contributed by atoms with E-state index in [-0.39, 0.29) is 18.2 Å². The number of aliphatic hydroxyl groups is 2. The van der Waals surface area contributed by atoms with Crippen LogP contribution < -0.4 is 5.69 Å². The number of hydrogen-bond acceptors (Lipinski definition) is 5. The fourth-order valence-corrected chi connectivity index (χ4v) is 4.15. The van der Waals surface area contributed by atoms with Gasteiger partial charge in [-0.3, -0.25) is 9.55 Å². The van der Waals surface area contributed by atoms with E-state index >= 15 is 0 Å². The van der Waals surface area contributed by atoms with Gasteiger partial charge in [0.2, 0.25) is 0 Å². The van der Waals surface area contributed by atoms with Crippen LogP contribution >= 0.6 is 34.8 Å². The third-order valence-corrected chi connectivity index (χ3v) is 5.51. The molecule has 1 saturated carbocycles. The summed E-state index contributed by atoms with van der Waals surface area (Å²) in [5.74, 6) is -0.129. The van der Waals surface area contributed by atoms with Gasteiger partial charge in [0.15, 0.2) is 0 Å². The lowest BCUT2D eigenvalue weighted by Gasteiger charge is -2.31. The molecular formula is C12H15IN2O4S. The van der Waals surface area contributed by atoms with Crippen LogP contribution in [0.15, 0.2) is 11.0 Å². The number of nitrogens with one attached hydrogen (secondary N) is 1. The molecule has 1 saturated heterocycles.